The van der Waals surface area contributed by atoms with E-state index in [1.807, 2.05) is 0 Å². The van der Waals surface area contributed by atoms with Gasteiger partial charge in [-0.05, 0) is 37.1 Å². The first-order valence-electron chi connectivity index (χ1n) is 9.35. The van der Waals surface area contributed by atoms with Crippen molar-refractivity contribution >= 4 is 39.1 Å². The number of carbonyl (C=O) groups excluding carboxylic acids is 2. The number of rotatable bonds is 5. The summed E-state index contributed by atoms with van der Waals surface area (Å²) in [5.41, 5.74) is 0.148. The second-order valence-electron chi connectivity index (χ2n) is 6.84. The number of aromatic nitrogens is 1. The highest BCUT2D eigenvalue weighted by atomic mass is 35.5. The van der Waals surface area contributed by atoms with Crippen LogP contribution in [0.25, 0.3) is 0 Å². The number of hydrogen-bond acceptors (Lipinski definition) is 5. The van der Waals surface area contributed by atoms with Crippen LogP contribution in [0.2, 0.25) is 5.02 Å². The Kier molecular flexibility index (Phi) is 6.54. The van der Waals surface area contributed by atoms with Crippen LogP contribution in [-0.4, -0.2) is 49.0 Å². The van der Waals surface area contributed by atoms with Crippen molar-refractivity contribution in [1.82, 2.24) is 9.88 Å². The average Bonchev–Trinajstić information content (AvgIpc) is 2.75. The Balaban J connectivity index is 1.75. The number of nitrogens with zero attached hydrogens (tertiary/aromatic N) is 2. The number of amides is 2. The number of nitrogens with one attached hydrogen (secondary N) is 1. The molecule has 2 heterocycles. The number of pyridine rings is 1. The fourth-order valence-corrected chi connectivity index (χ4v) is 4.49. The zero-order valence-corrected chi connectivity index (χ0v) is 17.5. The van der Waals surface area contributed by atoms with Crippen molar-refractivity contribution in [3.8, 4) is 0 Å². The minimum atomic E-state index is -3.53. The van der Waals surface area contributed by atoms with Gasteiger partial charge in [0.05, 0.1) is 27.2 Å². The number of halogens is 1. The molecule has 1 atom stereocenters. The van der Waals surface area contributed by atoms with Crippen molar-refractivity contribution in [2.24, 2.45) is 5.92 Å². The molecular formula is C20H22ClN3O4S. The highest BCUT2D eigenvalue weighted by Gasteiger charge is 2.31. The number of hydrogen-bond donors (Lipinski definition) is 1. The van der Waals surface area contributed by atoms with Crippen molar-refractivity contribution in [3.05, 3.63) is 53.2 Å². The maximum atomic E-state index is 13.0. The Labute approximate surface area is 175 Å². The number of anilines is 1. The Morgan fingerprint density at radius 1 is 1.24 bits per heavy atom. The zero-order chi connectivity index (χ0) is 21.0. The third kappa shape index (κ3) is 4.94. The van der Waals surface area contributed by atoms with Crippen molar-refractivity contribution in [2.45, 2.75) is 24.7 Å². The number of benzene rings is 1. The lowest BCUT2D eigenvalue weighted by Crippen LogP contribution is -2.44. The first kappa shape index (κ1) is 21.3. The molecule has 1 aliphatic rings. The summed E-state index contributed by atoms with van der Waals surface area (Å²) in [5, 5.41) is 3.21. The topological polar surface area (TPSA) is 96.4 Å². The van der Waals surface area contributed by atoms with E-state index in [9.17, 15) is 18.0 Å². The van der Waals surface area contributed by atoms with Crippen LogP contribution in [0.4, 0.5) is 5.82 Å². The molecule has 0 spiro atoms. The molecule has 154 valence electrons. The Morgan fingerprint density at radius 3 is 2.69 bits per heavy atom. The summed E-state index contributed by atoms with van der Waals surface area (Å²) in [6.45, 7) is 2.24. The molecule has 1 saturated heterocycles. The molecule has 1 aliphatic heterocycles. The van der Waals surface area contributed by atoms with Gasteiger partial charge in [-0.2, -0.15) is 0 Å². The summed E-state index contributed by atoms with van der Waals surface area (Å²) in [4.78, 5) is 31.3. The van der Waals surface area contributed by atoms with Crippen LogP contribution in [0.3, 0.4) is 0 Å². The molecule has 7 nitrogen and oxygen atoms in total. The minimum absolute atomic E-state index is 0.0319. The van der Waals surface area contributed by atoms with E-state index in [2.05, 4.69) is 10.3 Å². The molecule has 3 rings (SSSR count). The molecule has 1 fully saturated rings. The highest BCUT2D eigenvalue weighted by molar-refractivity contribution is 7.91. The second-order valence-corrected chi connectivity index (χ2v) is 9.52. The van der Waals surface area contributed by atoms with Crippen molar-refractivity contribution in [3.63, 3.8) is 0 Å². The van der Waals surface area contributed by atoms with Gasteiger partial charge >= 0.3 is 0 Å². The predicted octanol–water partition coefficient (Wildman–Crippen LogP) is 3.02. The van der Waals surface area contributed by atoms with Crippen molar-refractivity contribution in [1.29, 1.82) is 0 Å². The van der Waals surface area contributed by atoms with Gasteiger partial charge in [-0.1, -0.05) is 30.7 Å². The molecule has 1 unspecified atom stereocenters. The van der Waals surface area contributed by atoms with Gasteiger partial charge in [0.25, 0.3) is 5.91 Å². The first-order chi connectivity index (χ1) is 13.8. The predicted molar refractivity (Wildman–Crippen MR) is 111 cm³/mol. The summed E-state index contributed by atoms with van der Waals surface area (Å²) in [7, 11) is -3.53. The molecule has 1 aromatic heterocycles. The van der Waals surface area contributed by atoms with Crippen molar-refractivity contribution < 1.29 is 18.0 Å². The zero-order valence-electron chi connectivity index (χ0n) is 16.0. The highest BCUT2D eigenvalue weighted by Crippen LogP contribution is 2.24. The maximum absolute atomic E-state index is 13.0. The van der Waals surface area contributed by atoms with E-state index in [0.29, 0.717) is 30.2 Å². The fourth-order valence-electron chi connectivity index (χ4n) is 3.29. The van der Waals surface area contributed by atoms with Gasteiger partial charge in [0.15, 0.2) is 9.84 Å². The van der Waals surface area contributed by atoms with E-state index in [-0.39, 0.29) is 34.6 Å². The molecule has 0 bridgehead atoms. The lowest BCUT2D eigenvalue weighted by molar-refractivity contribution is -0.121. The lowest BCUT2D eigenvalue weighted by atomic mass is 9.96. The summed E-state index contributed by atoms with van der Waals surface area (Å²) in [6, 6.07) is 9.45. The van der Waals surface area contributed by atoms with Gasteiger partial charge in [0, 0.05) is 19.3 Å². The molecule has 9 heteroatoms. The summed E-state index contributed by atoms with van der Waals surface area (Å²) >= 11 is 5.80. The Hall–Kier alpha value is -2.45. The third-order valence-corrected chi connectivity index (χ3v) is 6.90. The number of piperidine rings is 1. The van der Waals surface area contributed by atoms with Gasteiger partial charge in [-0.15, -0.1) is 0 Å². The van der Waals surface area contributed by atoms with E-state index in [0.717, 1.165) is 0 Å². The number of likely N-dealkylation sites (tertiary alicyclic amines) is 1. The molecule has 1 N–H and O–H groups in total. The van der Waals surface area contributed by atoms with E-state index < -0.39 is 15.8 Å². The number of carbonyl (C=O) groups is 2. The van der Waals surface area contributed by atoms with Gasteiger partial charge in [-0.25, -0.2) is 13.4 Å². The van der Waals surface area contributed by atoms with Crippen LogP contribution in [0.5, 0.6) is 0 Å². The maximum Gasteiger partial charge on any atom is 0.255 e. The normalized spacial score (nSPS) is 17.0. The first-order valence-corrected chi connectivity index (χ1v) is 11.4. The van der Waals surface area contributed by atoms with Gasteiger partial charge in [0.2, 0.25) is 5.91 Å². The van der Waals surface area contributed by atoms with Gasteiger partial charge in [-0.3, -0.25) is 9.59 Å². The van der Waals surface area contributed by atoms with E-state index in [4.69, 9.17) is 11.6 Å². The van der Waals surface area contributed by atoms with Gasteiger partial charge in [0.1, 0.15) is 5.82 Å². The largest absolute Gasteiger partial charge is 0.338 e. The minimum Gasteiger partial charge on any atom is -0.338 e. The third-order valence-electron chi connectivity index (χ3n) is 4.89. The molecule has 0 saturated carbocycles. The van der Waals surface area contributed by atoms with E-state index >= 15 is 0 Å². The Morgan fingerprint density at radius 2 is 2.00 bits per heavy atom. The standard InChI is InChI=1S/C20H22ClN3O4S/c1-2-29(27,28)17-8-4-3-7-16(17)20(26)24-11-5-6-14(13-24)19(25)23-18-10-9-15(21)12-22-18/h3-4,7-10,12,14H,2,5-6,11,13H2,1H3,(H,22,23,25). The smallest absolute Gasteiger partial charge is 0.255 e. The Bertz CT molecular complexity index is 1010. The summed E-state index contributed by atoms with van der Waals surface area (Å²) in [6.07, 6.45) is 2.73. The molecule has 29 heavy (non-hydrogen) atoms. The number of sulfone groups is 1. The average molecular weight is 436 g/mol. The van der Waals surface area contributed by atoms with Crippen LogP contribution in [0.1, 0.15) is 30.1 Å². The second kappa shape index (κ2) is 8.92. The molecule has 1 aromatic carbocycles. The summed E-state index contributed by atoms with van der Waals surface area (Å²) in [5.74, 6) is -0.704. The van der Waals surface area contributed by atoms with E-state index in [1.165, 1.54) is 18.3 Å². The molecule has 0 aliphatic carbocycles. The SMILES string of the molecule is CCS(=O)(=O)c1ccccc1C(=O)N1CCCC(C(=O)Nc2ccc(Cl)cn2)C1. The van der Waals surface area contributed by atoms with Gasteiger partial charge < -0.3 is 10.2 Å². The van der Waals surface area contributed by atoms with E-state index in [1.54, 1.807) is 36.1 Å². The summed E-state index contributed by atoms with van der Waals surface area (Å²) < 4.78 is 24.7. The molecule has 2 amide bonds. The van der Waals surface area contributed by atoms with Crippen LogP contribution in [0.15, 0.2) is 47.5 Å². The lowest BCUT2D eigenvalue weighted by Gasteiger charge is -2.32. The molecule has 0 radical (unpaired) electrons. The molecular weight excluding hydrogens is 414 g/mol. The monoisotopic (exact) mass is 435 g/mol. The fraction of sp³-hybridized carbons (Fsp3) is 0.350. The quantitative estimate of drug-likeness (QED) is 0.778. The van der Waals surface area contributed by atoms with Crippen molar-refractivity contribution in [2.75, 3.05) is 24.2 Å². The van der Waals surface area contributed by atoms with Crippen LogP contribution < -0.4 is 5.32 Å². The van der Waals surface area contributed by atoms with Crippen LogP contribution in [0, 0.1) is 5.92 Å². The van der Waals surface area contributed by atoms with Crippen LogP contribution in [-0.2, 0) is 14.6 Å². The molecule has 2 aromatic rings. The van der Waals surface area contributed by atoms with Crippen LogP contribution >= 0.6 is 11.6 Å².